The van der Waals surface area contributed by atoms with Crippen LogP contribution in [0, 0.1) is 5.92 Å². The molecular weight excluding hydrogens is 1800 g/mol. The summed E-state index contributed by atoms with van der Waals surface area (Å²) in [6, 6.07) is -2.77. The summed E-state index contributed by atoms with van der Waals surface area (Å²) in [6.07, 6.45) is 3.77. The van der Waals surface area contributed by atoms with Gasteiger partial charge in [-0.2, -0.15) is 0 Å². The summed E-state index contributed by atoms with van der Waals surface area (Å²) in [6.45, 7) is 35.8. The number of hydrogen-bond donors (Lipinski definition) is 25. The molecule has 5 heterocycles. The Kier molecular flexibility index (Phi) is 103. The Bertz CT molecular complexity index is 2910. The van der Waals surface area contributed by atoms with Gasteiger partial charge in [-0.3, -0.25) is 81.9 Å². The van der Waals surface area contributed by atoms with Gasteiger partial charge in [-0.1, -0.05) is 22.9 Å². The van der Waals surface area contributed by atoms with E-state index in [9.17, 15) is 75.5 Å². The second-order valence-corrected chi connectivity index (χ2v) is 31.5. The van der Waals surface area contributed by atoms with Crippen molar-refractivity contribution >= 4 is 120 Å². The minimum Gasteiger partial charge on any atom is -0.444 e. The van der Waals surface area contributed by atoms with Gasteiger partial charge in [0.05, 0.1) is 71.3 Å². The largest absolute Gasteiger partial charge is 0.444 e. The zero-order chi connectivity index (χ0) is 102. The lowest BCUT2D eigenvalue weighted by atomic mass is 10.1. The molecule has 5 saturated heterocycles. The molecule has 5 aliphatic heterocycles. The Hall–Kier alpha value is -7.74. The maximum Gasteiger partial charge on any atom is 0.410 e. The minimum absolute atomic E-state index is 0.0833. The van der Waals surface area contributed by atoms with Crippen molar-refractivity contribution in [3.8, 4) is 0 Å². The molecule has 55 heteroatoms. The second kappa shape index (κ2) is 93.9. The summed E-state index contributed by atoms with van der Waals surface area (Å²) < 4.78 is 39.6. The predicted octanol–water partition coefficient (Wildman–Crippen LogP) is -13.2. The van der Waals surface area contributed by atoms with Crippen molar-refractivity contribution in [2.75, 3.05) is 234 Å². The highest BCUT2D eigenvalue weighted by Gasteiger charge is 2.27. The fourth-order valence-corrected chi connectivity index (χ4v) is 8.54. The number of carbonyl (C=O) groups excluding carboxylic acids is 14. The van der Waals surface area contributed by atoms with E-state index in [1.807, 2.05) is 32.6 Å². The van der Waals surface area contributed by atoms with E-state index in [1.165, 1.54) is 20.8 Å². The number of rotatable bonds is 34. The number of hydrogen-bond acceptors (Lipinski definition) is 37. The van der Waals surface area contributed by atoms with Crippen LogP contribution in [-0.2, 0) is 91.3 Å². The number of alkyl halides is 2. The number of halogens is 2. The van der Waals surface area contributed by atoms with Crippen LogP contribution >= 0.6 is 27.5 Å². The Labute approximate surface area is 768 Å². The summed E-state index contributed by atoms with van der Waals surface area (Å²) in [7, 11) is -1.05. The highest BCUT2D eigenvalue weighted by Crippen LogP contribution is 2.12. The van der Waals surface area contributed by atoms with Crippen LogP contribution in [0.2, 0.25) is 0 Å². The average molecular weight is 1970 g/mol. The van der Waals surface area contributed by atoms with Crippen molar-refractivity contribution in [2.45, 2.75) is 142 Å². The molecule has 0 aromatic carbocycles. The summed E-state index contributed by atoms with van der Waals surface area (Å²) in [5.74, 6) is -5.24. The first-order valence-corrected chi connectivity index (χ1v) is 44.4. The van der Waals surface area contributed by atoms with Crippen LogP contribution < -0.4 is 119 Å². The van der Waals surface area contributed by atoms with E-state index >= 15 is 0 Å². The molecule has 0 bridgehead atoms. The van der Waals surface area contributed by atoms with Gasteiger partial charge in [-0.15, -0.1) is 11.6 Å². The molecule has 0 spiro atoms. The van der Waals surface area contributed by atoms with Crippen LogP contribution in [0.1, 0.15) is 106 Å². The molecule has 5 aliphatic rings. The lowest BCUT2D eigenvalue weighted by Crippen LogP contribution is -2.51. The number of primary amides is 13. The normalized spacial score (nSPS) is 15.7. The number of ether oxygens (including phenoxy) is 4. The SMILES string of the molecule is CC(C)(C)OC(=O)N1CCN(CC(N)=O)CC1.CC(N)=O.CC[C@H](CN)C(N)=O.CN1CCN(CCC(N)=O)CC1.CS(N)(=O)=O.C[C@@H](O)[C@@H](N)C(N)=O.C[C@H](O)[C@H](N)C(N)=O.NC(=O)CCBr.NC(=O)CCN1CCOCC1.NC(=O)CCNCCN1CCOCC1.NC(=O)CCl.NC(=O)[C@H](N)CO.NCCC(N)=O.NCCCC(N)=O.OCCCN1CCOCC1. The number of piperazine rings is 2. The highest BCUT2D eigenvalue weighted by molar-refractivity contribution is 9.09. The number of nitrogens with zero attached hydrogens (tertiary/aromatic N) is 7. The zero-order valence-electron chi connectivity index (χ0n) is 76.7. The van der Waals surface area contributed by atoms with Gasteiger partial charge in [0.25, 0.3) is 0 Å². The number of carbonyl (C=O) groups is 14. The van der Waals surface area contributed by atoms with E-state index < -0.39 is 69.6 Å². The first-order valence-electron chi connectivity index (χ1n) is 40.8. The van der Waals surface area contributed by atoms with Crippen LogP contribution in [0.4, 0.5) is 4.79 Å². The molecule has 5 rings (SSSR count). The van der Waals surface area contributed by atoms with Crippen LogP contribution in [0.3, 0.4) is 0 Å². The van der Waals surface area contributed by atoms with E-state index in [2.05, 4.69) is 80.9 Å². The zero-order valence-corrected chi connectivity index (χ0v) is 79.8. The predicted molar refractivity (Wildman–Crippen MR) is 491 cm³/mol. The van der Waals surface area contributed by atoms with Crippen LogP contribution in [0.5, 0.6) is 0 Å². The van der Waals surface area contributed by atoms with Crippen molar-refractivity contribution < 1.29 is 115 Å². The quantitative estimate of drug-likeness (QED) is 0.0210. The van der Waals surface area contributed by atoms with E-state index in [4.69, 9.17) is 137 Å². The molecule has 0 aliphatic carbocycles. The van der Waals surface area contributed by atoms with Gasteiger partial charge in [0, 0.05) is 207 Å². The smallest absolute Gasteiger partial charge is 0.410 e. The lowest BCUT2D eigenvalue weighted by molar-refractivity contribution is -0.122. The highest BCUT2D eigenvalue weighted by atomic mass is 79.9. The third-order valence-electron chi connectivity index (χ3n) is 15.4. The summed E-state index contributed by atoms with van der Waals surface area (Å²) in [5, 5.41) is 41.9. The van der Waals surface area contributed by atoms with Crippen molar-refractivity contribution in [3.05, 3.63) is 0 Å². The topological polar surface area (TPSA) is 946 Å². The molecule has 760 valence electrons. The number of morpholine rings is 3. The fourth-order valence-electron chi connectivity index (χ4n) is 8.15. The van der Waals surface area contributed by atoms with Gasteiger partial charge in [0.1, 0.15) is 29.6 Å². The third kappa shape index (κ3) is 127. The molecule has 6 atom stereocenters. The van der Waals surface area contributed by atoms with Crippen molar-refractivity contribution in [2.24, 2.45) is 120 Å². The first kappa shape index (κ1) is 141. The molecule has 5 fully saturated rings. The lowest BCUT2D eigenvalue weighted by Gasteiger charge is -2.34. The molecule has 0 unspecified atom stereocenters. The monoisotopic (exact) mass is 1960 g/mol. The number of likely N-dealkylation sites (N-methyl/N-ethyl adjacent to an activating group) is 1. The summed E-state index contributed by atoms with van der Waals surface area (Å²) in [5.41, 5.74) is 92.1. The molecule has 0 aromatic heterocycles. The van der Waals surface area contributed by atoms with Crippen LogP contribution in [-0.4, -0.2) is 416 Å². The Morgan fingerprint density at radius 2 is 0.828 bits per heavy atom. The Morgan fingerprint density at radius 3 is 1.04 bits per heavy atom. The summed E-state index contributed by atoms with van der Waals surface area (Å²) >= 11 is 7.91. The average Bonchev–Trinajstić information content (AvgIpc) is 0.867. The van der Waals surface area contributed by atoms with Gasteiger partial charge in [0.2, 0.25) is 86.8 Å². The van der Waals surface area contributed by atoms with Crippen LogP contribution in [0.25, 0.3) is 0 Å². The number of nitrogens with one attached hydrogen (secondary N) is 1. The van der Waals surface area contributed by atoms with Gasteiger partial charge in [-0.05, 0) is 67.5 Å². The number of nitrogens with two attached hydrogens (primary N) is 20. The number of aliphatic hydroxyl groups excluding tert-OH is 4. The standard InChI is InChI=1S/C11H21N3O3.C9H19N3O2.C8H17N3O.C7H14N2O2.C7H15NO2.C5H12N2O.2C4H10N2O2.C4H10N2O.C3H6BrNO.C3H8N2O2.C3H8N2O.C2H4ClNO.C2H5NO.CH5NO2S/c1-11(2,3)17-10(16)14-6-4-13(5-7-14)8-9(12)15;10-9(13)1-2-11-3-4-12-5-7-14-8-6-12;1-10-4-6-11(7-5-10)3-2-8(9)12;8-7(10)1-2-9-3-5-11-6-4-9;9-5-1-2-8-3-6-10-7-4-8;1-2-4(3-6)5(7)8;2*1-2(7)3(5)4(6)8;5-3-1-2-4(6)7;4-2-1-3(5)6;4-2(1-6)3(5)7;4-2-1-3(5)6;3-1-2(4)5;1-2(3)4;1-5(2,3)4/h4-8H2,1-3H3,(H2,12,15);11H,1-8H2,(H2,10,13);2-7H2,1H3,(H2,9,12);1-6H2,(H2,8,10);9H,1-7H2;4H,2-3,6H2,1H3,(H2,7,8);2*2-3,7H,5H2,1H3,(H2,6,8);1-3,5H2,(H2,6,7);1-2H2,(H2,5,6);2,6H,1,4H2,(H2,5,7);1-2,4H2,(H2,5,6);1H2,(H2,4,5);1H3,(H2,3,4);1H3,(H2,2,3,4)/t;;;;;4-;2*2-,3-;;;2-;;;;/m.....110..1..../s1. The van der Waals surface area contributed by atoms with Crippen molar-refractivity contribution in [1.29, 1.82) is 0 Å². The third-order valence-corrected chi connectivity index (χ3v) is 16.0. The first-order chi connectivity index (χ1) is 59.3. The van der Waals surface area contributed by atoms with Crippen molar-refractivity contribution in [3.63, 3.8) is 0 Å². The molecule has 45 N–H and O–H groups in total. The molecule has 0 aromatic rings. The van der Waals surface area contributed by atoms with E-state index in [0.717, 1.165) is 157 Å². The van der Waals surface area contributed by atoms with Gasteiger partial charge in [-0.25, -0.2) is 18.4 Å². The van der Waals surface area contributed by atoms with E-state index in [-0.39, 0.29) is 84.2 Å². The maximum atomic E-state index is 11.7. The number of primary sulfonamides is 1. The molecule has 52 nitrogen and oxygen atoms in total. The molecule has 0 saturated carbocycles. The molecule has 0 radical (unpaired) electrons. The van der Waals surface area contributed by atoms with E-state index in [1.54, 1.807) is 4.90 Å². The number of aliphatic hydroxyl groups is 4. The van der Waals surface area contributed by atoms with Crippen molar-refractivity contribution in [1.82, 2.24) is 39.6 Å². The van der Waals surface area contributed by atoms with Crippen LogP contribution in [0.15, 0.2) is 0 Å². The molecule has 14 amide bonds. The Morgan fingerprint density at radius 1 is 0.484 bits per heavy atom. The Balaban J connectivity index is -0.000000148. The maximum absolute atomic E-state index is 11.7. The number of amides is 14. The second-order valence-electron chi connectivity index (χ2n) is 28.8. The summed E-state index contributed by atoms with van der Waals surface area (Å²) in [4.78, 5) is 157. The van der Waals surface area contributed by atoms with Gasteiger partial charge < -0.3 is 168 Å². The fraction of sp³-hybridized carbons (Fsp3) is 0.808. The number of sulfonamides is 1. The van der Waals surface area contributed by atoms with Gasteiger partial charge in [0.15, 0.2) is 0 Å². The van der Waals surface area contributed by atoms with E-state index in [0.29, 0.717) is 109 Å². The minimum atomic E-state index is -3.17. The van der Waals surface area contributed by atoms with Gasteiger partial charge >= 0.3 is 6.09 Å². The molecule has 128 heavy (non-hydrogen) atoms. The molecular formula is C73H164BrClN28O24S.